The summed E-state index contributed by atoms with van der Waals surface area (Å²) in [7, 11) is 0. The predicted octanol–water partition coefficient (Wildman–Crippen LogP) is 3.05. The fourth-order valence-electron chi connectivity index (χ4n) is 1.27. The summed E-state index contributed by atoms with van der Waals surface area (Å²) in [6.07, 6.45) is 0. The Morgan fingerprint density at radius 3 is 1.94 bits per heavy atom. The highest BCUT2D eigenvalue weighted by atomic mass is 16.1. The van der Waals surface area contributed by atoms with Gasteiger partial charge in [0.2, 0.25) is 0 Å². The Hall–Kier alpha value is -1.77. The van der Waals surface area contributed by atoms with Crippen molar-refractivity contribution in [2.45, 2.75) is 34.6 Å². The monoisotopic (exact) mass is 234 g/mol. The average molecular weight is 234 g/mol. The van der Waals surface area contributed by atoms with Gasteiger partial charge in [-0.15, -0.1) is 0 Å². The number of aryl methyl sites for hydroxylation is 3. The molecule has 94 valence electrons. The molecular formula is C14H22N2O. The Kier molecular flexibility index (Phi) is 6.03. The maximum absolute atomic E-state index is 9.44. The average Bonchev–Trinajstić information content (AvgIpc) is 2.12. The number of benzene rings is 1. The van der Waals surface area contributed by atoms with E-state index in [4.69, 9.17) is 5.73 Å². The van der Waals surface area contributed by atoms with Crippen LogP contribution >= 0.6 is 0 Å². The molecule has 0 radical (unpaired) electrons. The number of rotatable bonds is 2. The number of carbonyl (C=O) groups excluding carboxylic acids is 1. The van der Waals surface area contributed by atoms with Crippen LogP contribution in [0.3, 0.4) is 0 Å². The van der Waals surface area contributed by atoms with Crippen LogP contribution in [0.25, 0.3) is 0 Å². The van der Waals surface area contributed by atoms with Crippen molar-refractivity contribution in [1.82, 2.24) is 0 Å². The van der Waals surface area contributed by atoms with Gasteiger partial charge in [-0.05, 0) is 57.4 Å². The fraction of sp³-hybridized carbons (Fsp3) is 0.357. The molecule has 0 aromatic heterocycles. The lowest BCUT2D eigenvalue weighted by atomic mass is 10.1. The highest BCUT2D eigenvalue weighted by Crippen LogP contribution is 2.20. The normalized spacial score (nSPS) is 9.00. The first-order valence-corrected chi connectivity index (χ1v) is 5.50. The van der Waals surface area contributed by atoms with Crippen molar-refractivity contribution in [2.75, 3.05) is 5.32 Å². The molecule has 17 heavy (non-hydrogen) atoms. The number of carbonyl (C=O) groups is 1. The second-order valence-electron chi connectivity index (χ2n) is 4.31. The molecule has 0 saturated heterocycles. The van der Waals surface area contributed by atoms with Gasteiger partial charge in [0.15, 0.2) is 0 Å². The third-order valence-corrected chi connectivity index (χ3v) is 2.14. The van der Waals surface area contributed by atoms with Gasteiger partial charge in [0.1, 0.15) is 5.78 Å². The number of Topliss-reactive ketones (excluding diaryl/α,β-unsaturated/α-hetero) is 1. The molecule has 1 aromatic carbocycles. The number of hydrogen-bond donors (Lipinski definition) is 2. The third kappa shape index (κ3) is 6.40. The second-order valence-corrected chi connectivity index (χ2v) is 4.31. The van der Waals surface area contributed by atoms with Crippen molar-refractivity contribution in [1.29, 1.82) is 0 Å². The highest BCUT2D eigenvalue weighted by molar-refractivity contribution is 5.72. The molecule has 3 nitrogen and oxygen atoms in total. The van der Waals surface area contributed by atoms with E-state index in [-0.39, 0.29) is 5.78 Å². The summed E-state index contributed by atoms with van der Waals surface area (Å²) >= 11 is 0. The standard InChI is InChI=1S/C11H16N2.C3H6O/c1-7-5-9(3)11(6-8(7)2)13-10(4)12;1-3(2)4/h5-6,13H,4,12H2,1-3H3;1-2H3. The van der Waals surface area contributed by atoms with Crippen LogP contribution in [0, 0.1) is 20.8 Å². The minimum atomic E-state index is 0.167. The molecule has 0 atom stereocenters. The van der Waals surface area contributed by atoms with Crippen LogP contribution in [0.4, 0.5) is 5.69 Å². The SMILES string of the molecule is C=C(N)Nc1cc(C)c(C)cc1C.CC(C)=O. The smallest absolute Gasteiger partial charge is 0.126 e. The summed E-state index contributed by atoms with van der Waals surface area (Å²) in [6.45, 7) is 12.9. The van der Waals surface area contributed by atoms with Crippen molar-refractivity contribution in [2.24, 2.45) is 5.73 Å². The molecule has 0 saturated carbocycles. The van der Waals surface area contributed by atoms with Crippen LogP contribution in [0.5, 0.6) is 0 Å². The Morgan fingerprint density at radius 2 is 1.53 bits per heavy atom. The van der Waals surface area contributed by atoms with Crippen LogP contribution in [0.15, 0.2) is 24.5 Å². The quantitative estimate of drug-likeness (QED) is 0.827. The van der Waals surface area contributed by atoms with Crippen LogP contribution < -0.4 is 11.1 Å². The topological polar surface area (TPSA) is 55.1 Å². The Labute approximate surface area is 104 Å². The summed E-state index contributed by atoms with van der Waals surface area (Å²) in [6, 6.07) is 4.23. The molecule has 0 aliphatic rings. The number of hydrogen-bond acceptors (Lipinski definition) is 3. The molecule has 0 spiro atoms. The van der Waals surface area contributed by atoms with E-state index in [1.807, 2.05) is 0 Å². The zero-order chi connectivity index (χ0) is 13.6. The fourth-order valence-corrected chi connectivity index (χ4v) is 1.27. The van der Waals surface area contributed by atoms with Crippen molar-refractivity contribution in [3.8, 4) is 0 Å². The molecule has 0 heterocycles. The maximum Gasteiger partial charge on any atom is 0.126 e. The summed E-state index contributed by atoms with van der Waals surface area (Å²) in [5.74, 6) is 0.645. The van der Waals surface area contributed by atoms with Gasteiger partial charge < -0.3 is 15.8 Å². The molecule has 0 aliphatic heterocycles. The molecule has 1 aromatic rings. The largest absolute Gasteiger partial charge is 0.386 e. The van der Waals surface area contributed by atoms with E-state index in [1.165, 1.54) is 30.5 Å². The van der Waals surface area contributed by atoms with E-state index in [0.717, 1.165) is 5.69 Å². The Morgan fingerprint density at radius 1 is 1.12 bits per heavy atom. The van der Waals surface area contributed by atoms with Gasteiger partial charge in [0, 0.05) is 5.69 Å². The molecule has 0 fully saturated rings. The minimum Gasteiger partial charge on any atom is -0.386 e. The van der Waals surface area contributed by atoms with Gasteiger partial charge in [-0.2, -0.15) is 0 Å². The Bertz CT molecular complexity index is 418. The molecular weight excluding hydrogens is 212 g/mol. The van der Waals surface area contributed by atoms with E-state index in [1.54, 1.807) is 0 Å². The van der Waals surface area contributed by atoms with Crippen molar-refractivity contribution in [3.05, 3.63) is 41.2 Å². The van der Waals surface area contributed by atoms with E-state index >= 15 is 0 Å². The molecule has 3 N–H and O–H groups in total. The predicted molar refractivity (Wildman–Crippen MR) is 74.0 cm³/mol. The lowest BCUT2D eigenvalue weighted by Crippen LogP contribution is -2.08. The van der Waals surface area contributed by atoms with E-state index in [9.17, 15) is 4.79 Å². The van der Waals surface area contributed by atoms with Crippen LogP contribution in [0.2, 0.25) is 0 Å². The second kappa shape index (κ2) is 6.74. The lowest BCUT2D eigenvalue weighted by Gasteiger charge is -2.11. The first-order chi connectivity index (χ1) is 7.73. The summed E-state index contributed by atoms with van der Waals surface area (Å²) in [5, 5.41) is 3.02. The van der Waals surface area contributed by atoms with E-state index in [0.29, 0.717) is 5.82 Å². The minimum absolute atomic E-state index is 0.167. The van der Waals surface area contributed by atoms with E-state index < -0.39 is 0 Å². The molecule has 0 amide bonds. The first-order valence-electron chi connectivity index (χ1n) is 5.50. The summed E-state index contributed by atoms with van der Waals surface area (Å²) < 4.78 is 0. The number of nitrogens with one attached hydrogen (secondary N) is 1. The summed E-state index contributed by atoms with van der Waals surface area (Å²) in [5.41, 5.74) is 10.3. The van der Waals surface area contributed by atoms with Gasteiger partial charge in [0.05, 0.1) is 5.82 Å². The Balaban J connectivity index is 0.000000557. The number of ketones is 1. The number of nitrogens with two attached hydrogens (primary N) is 1. The maximum atomic E-state index is 9.44. The summed E-state index contributed by atoms with van der Waals surface area (Å²) in [4.78, 5) is 9.44. The van der Waals surface area contributed by atoms with Gasteiger partial charge in [-0.25, -0.2) is 0 Å². The lowest BCUT2D eigenvalue weighted by molar-refractivity contribution is -0.114. The van der Waals surface area contributed by atoms with Crippen molar-refractivity contribution < 1.29 is 4.79 Å². The van der Waals surface area contributed by atoms with Gasteiger partial charge >= 0.3 is 0 Å². The van der Waals surface area contributed by atoms with Crippen molar-refractivity contribution >= 4 is 11.5 Å². The number of anilines is 1. The van der Waals surface area contributed by atoms with Gasteiger partial charge in [0.25, 0.3) is 0 Å². The van der Waals surface area contributed by atoms with Gasteiger partial charge in [-0.3, -0.25) is 0 Å². The molecule has 0 unspecified atom stereocenters. The zero-order valence-corrected chi connectivity index (χ0v) is 11.3. The molecule has 3 heteroatoms. The molecule has 0 aliphatic carbocycles. The van der Waals surface area contributed by atoms with Crippen molar-refractivity contribution in [3.63, 3.8) is 0 Å². The highest BCUT2D eigenvalue weighted by Gasteiger charge is 2.00. The molecule has 1 rings (SSSR count). The zero-order valence-electron chi connectivity index (χ0n) is 11.3. The third-order valence-electron chi connectivity index (χ3n) is 2.14. The molecule has 0 bridgehead atoms. The van der Waals surface area contributed by atoms with E-state index in [2.05, 4.69) is 44.8 Å². The van der Waals surface area contributed by atoms with Crippen LogP contribution in [-0.4, -0.2) is 5.78 Å². The van der Waals surface area contributed by atoms with Crippen LogP contribution in [-0.2, 0) is 4.79 Å². The van der Waals surface area contributed by atoms with Gasteiger partial charge in [-0.1, -0.05) is 12.6 Å². The van der Waals surface area contributed by atoms with Crippen LogP contribution in [0.1, 0.15) is 30.5 Å². The first kappa shape index (κ1) is 15.2.